The van der Waals surface area contributed by atoms with Gasteiger partial charge in [-0.25, -0.2) is 0 Å². The Kier molecular flexibility index (Phi) is 9.68. The highest BCUT2D eigenvalue weighted by molar-refractivity contribution is 6.03. The number of pyridine rings is 1. The van der Waals surface area contributed by atoms with Gasteiger partial charge in [-0.1, -0.05) is 19.9 Å². The summed E-state index contributed by atoms with van der Waals surface area (Å²) in [5.41, 5.74) is -0.474. The Hall–Kier alpha value is -2.71. The number of nitrogens with one attached hydrogen (secondary N) is 1. The number of ether oxygens (including phenoxy) is 2. The van der Waals surface area contributed by atoms with Crippen LogP contribution in [0.1, 0.15) is 24.2 Å². The molecular weight excluding hydrogens is 410 g/mol. The molecular formula is C21H30ClN3O5. The molecule has 0 aliphatic rings. The van der Waals surface area contributed by atoms with Crippen molar-refractivity contribution in [3.63, 3.8) is 0 Å². The molecule has 0 aliphatic carbocycles. The summed E-state index contributed by atoms with van der Waals surface area (Å²) >= 11 is 0. The Morgan fingerprint density at radius 1 is 1.23 bits per heavy atom. The number of aromatic hydroxyl groups is 1. The summed E-state index contributed by atoms with van der Waals surface area (Å²) in [5.74, 6) is -0.208. The number of methoxy groups -OCH3 is 2. The molecule has 0 saturated carbocycles. The standard InChI is InChI=1S/C21H29N3O5.ClH/c1-6-10-24-15-13-17(29-5)16(28-4)12-14(15)19(25)18(21(24)27)20(26)22-9-11-23(7-2)8-3;/h6,12-13,25H,1,7-11H2,2-5H3,(H,22,26);1H. The highest BCUT2D eigenvalue weighted by atomic mass is 35.5. The molecule has 1 aromatic heterocycles. The summed E-state index contributed by atoms with van der Waals surface area (Å²) in [4.78, 5) is 27.9. The Bertz CT molecular complexity index is 954. The zero-order valence-electron chi connectivity index (χ0n) is 17.9. The quantitative estimate of drug-likeness (QED) is 0.552. The lowest BCUT2D eigenvalue weighted by Crippen LogP contribution is -2.38. The Balaban J connectivity index is 0.00000450. The van der Waals surface area contributed by atoms with Gasteiger partial charge in [-0.2, -0.15) is 0 Å². The van der Waals surface area contributed by atoms with Crippen molar-refractivity contribution in [1.82, 2.24) is 14.8 Å². The number of likely N-dealkylation sites (N-methyl/N-ethyl adjacent to an activating group) is 1. The first kappa shape index (κ1) is 25.3. The number of rotatable bonds is 10. The van der Waals surface area contributed by atoms with Crippen molar-refractivity contribution in [2.24, 2.45) is 0 Å². The van der Waals surface area contributed by atoms with E-state index in [1.807, 2.05) is 13.8 Å². The molecule has 30 heavy (non-hydrogen) atoms. The normalized spacial score (nSPS) is 10.6. The van der Waals surface area contributed by atoms with Crippen molar-refractivity contribution in [2.45, 2.75) is 20.4 Å². The molecule has 0 bridgehead atoms. The second-order valence-electron chi connectivity index (χ2n) is 6.44. The van der Waals surface area contributed by atoms with Crippen LogP contribution in [-0.4, -0.2) is 60.9 Å². The van der Waals surface area contributed by atoms with Gasteiger partial charge in [-0.15, -0.1) is 19.0 Å². The molecule has 2 N–H and O–H groups in total. The monoisotopic (exact) mass is 439 g/mol. The maximum Gasteiger partial charge on any atom is 0.268 e. The lowest BCUT2D eigenvalue weighted by molar-refractivity contribution is 0.0944. The van der Waals surface area contributed by atoms with Crippen molar-refractivity contribution < 1.29 is 19.4 Å². The summed E-state index contributed by atoms with van der Waals surface area (Å²) in [6, 6.07) is 3.15. The number of nitrogens with zero attached hydrogens (tertiary/aromatic N) is 2. The molecule has 0 spiro atoms. The van der Waals surface area contributed by atoms with Crippen LogP contribution in [0, 0.1) is 0 Å². The van der Waals surface area contributed by atoms with E-state index in [0.717, 1.165) is 13.1 Å². The minimum atomic E-state index is -0.617. The van der Waals surface area contributed by atoms with E-state index >= 15 is 0 Å². The molecule has 9 heteroatoms. The number of allylic oxidation sites excluding steroid dienone is 1. The van der Waals surface area contributed by atoms with E-state index in [1.165, 1.54) is 18.8 Å². The summed E-state index contributed by atoms with van der Waals surface area (Å²) in [6.07, 6.45) is 1.55. The first-order valence-corrected chi connectivity index (χ1v) is 9.56. The van der Waals surface area contributed by atoms with E-state index in [4.69, 9.17) is 9.47 Å². The third-order valence-electron chi connectivity index (χ3n) is 4.89. The minimum Gasteiger partial charge on any atom is -0.506 e. The maximum absolute atomic E-state index is 13.0. The summed E-state index contributed by atoms with van der Waals surface area (Å²) in [5, 5.41) is 13.8. The van der Waals surface area contributed by atoms with Crippen LogP contribution in [0.15, 0.2) is 29.6 Å². The lowest BCUT2D eigenvalue weighted by atomic mass is 10.1. The predicted octanol–water partition coefficient (Wildman–Crippen LogP) is 2.40. The highest BCUT2D eigenvalue weighted by Crippen LogP contribution is 2.36. The van der Waals surface area contributed by atoms with E-state index in [1.54, 1.807) is 18.2 Å². The van der Waals surface area contributed by atoms with Crippen LogP contribution >= 0.6 is 12.4 Å². The van der Waals surface area contributed by atoms with Gasteiger partial charge in [0.15, 0.2) is 11.5 Å². The molecule has 0 radical (unpaired) electrons. The van der Waals surface area contributed by atoms with Crippen LogP contribution in [0.4, 0.5) is 0 Å². The average molecular weight is 440 g/mol. The van der Waals surface area contributed by atoms with Crippen molar-refractivity contribution >= 4 is 29.2 Å². The van der Waals surface area contributed by atoms with E-state index < -0.39 is 11.5 Å². The van der Waals surface area contributed by atoms with Gasteiger partial charge < -0.3 is 29.4 Å². The van der Waals surface area contributed by atoms with Crippen molar-refractivity contribution in [3.05, 3.63) is 40.7 Å². The molecule has 2 rings (SSSR count). The number of hydrogen-bond acceptors (Lipinski definition) is 6. The average Bonchev–Trinajstić information content (AvgIpc) is 2.73. The van der Waals surface area contributed by atoms with E-state index in [9.17, 15) is 14.7 Å². The Morgan fingerprint density at radius 3 is 2.37 bits per heavy atom. The highest BCUT2D eigenvalue weighted by Gasteiger charge is 2.23. The number of fused-ring (bicyclic) bond motifs is 1. The molecule has 1 amide bonds. The van der Waals surface area contributed by atoms with Gasteiger partial charge in [0.1, 0.15) is 11.3 Å². The molecule has 166 valence electrons. The second-order valence-corrected chi connectivity index (χ2v) is 6.44. The van der Waals surface area contributed by atoms with Gasteiger partial charge >= 0.3 is 0 Å². The van der Waals surface area contributed by atoms with Gasteiger partial charge in [-0.3, -0.25) is 9.59 Å². The van der Waals surface area contributed by atoms with Gasteiger partial charge in [0.2, 0.25) is 0 Å². The molecule has 0 unspecified atom stereocenters. The van der Waals surface area contributed by atoms with E-state index in [2.05, 4.69) is 16.8 Å². The topological polar surface area (TPSA) is 93.0 Å². The smallest absolute Gasteiger partial charge is 0.268 e. The summed E-state index contributed by atoms with van der Waals surface area (Å²) in [6.45, 7) is 10.7. The fourth-order valence-electron chi connectivity index (χ4n) is 3.23. The Labute approximate surface area is 182 Å². The van der Waals surface area contributed by atoms with E-state index in [-0.39, 0.29) is 30.3 Å². The van der Waals surface area contributed by atoms with Gasteiger partial charge in [0.25, 0.3) is 11.5 Å². The third-order valence-corrected chi connectivity index (χ3v) is 4.89. The molecule has 0 aliphatic heterocycles. The fraction of sp³-hybridized carbons (Fsp3) is 0.429. The van der Waals surface area contributed by atoms with Crippen molar-refractivity contribution in [1.29, 1.82) is 0 Å². The van der Waals surface area contributed by atoms with Crippen LogP contribution in [0.3, 0.4) is 0 Å². The second kappa shape index (κ2) is 11.5. The number of carbonyl (C=O) groups excluding carboxylic acids is 1. The van der Waals surface area contributed by atoms with Gasteiger partial charge in [-0.05, 0) is 19.2 Å². The zero-order chi connectivity index (χ0) is 21.6. The first-order valence-electron chi connectivity index (χ1n) is 9.56. The molecule has 0 fully saturated rings. The number of halogens is 1. The summed E-state index contributed by atoms with van der Waals surface area (Å²) in [7, 11) is 2.96. The van der Waals surface area contributed by atoms with Crippen LogP contribution in [0.5, 0.6) is 17.2 Å². The van der Waals surface area contributed by atoms with Crippen LogP contribution in [0.2, 0.25) is 0 Å². The summed E-state index contributed by atoms with van der Waals surface area (Å²) < 4.78 is 12.0. The van der Waals surface area contributed by atoms with Gasteiger partial charge in [0.05, 0.1) is 19.7 Å². The number of benzene rings is 1. The molecule has 8 nitrogen and oxygen atoms in total. The number of hydrogen-bond donors (Lipinski definition) is 2. The largest absolute Gasteiger partial charge is 0.506 e. The maximum atomic E-state index is 13.0. The predicted molar refractivity (Wildman–Crippen MR) is 121 cm³/mol. The number of carbonyl (C=O) groups is 1. The lowest BCUT2D eigenvalue weighted by Gasteiger charge is -2.19. The molecule has 0 saturated heterocycles. The zero-order valence-corrected chi connectivity index (χ0v) is 18.7. The van der Waals surface area contributed by atoms with Crippen molar-refractivity contribution in [2.75, 3.05) is 40.4 Å². The van der Waals surface area contributed by atoms with E-state index in [0.29, 0.717) is 35.5 Å². The molecule has 1 heterocycles. The molecule has 0 atom stereocenters. The van der Waals surface area contributed by atoms with Crippen molar-refractivity contribution in [3.8, 4) is 17.2 Å². The third kappa shape index (κ3) is 5.06. The minimum absolute atomic E-state index is 0. The number of aromatic nitrogens is 1. The van der Waals surface area contributed by atoms with Crippen LogP contribution in [-0.2, 0) is 6.54 Å². The van der Waals surface area contributed by atoms with Crippen LogP contribution in [0.25, 0.3) is 10.9 Å². The fourth-order valence-corrected chi connectivity index (χ4v) is 3.23. The molecule has 2 aromatic rings. The SMILES string of the molecule is C=CCn1c(=O)c(C(=O)NCCN(CC)CC)c(O)c2cc(OC)c(OC)cc21.Cl. The number of amides is 1. The Morgan fingerprint density at radius 2 is 1.83 bits per heavy atom. The first-order chi connectivity index (χ1) is 13.9. The molecule has 1 aromatic carbocycles. The van der Waals surface area contributed by atoms with Crippen LogP contribution < -0.4 is 20.3 Å². The van der Waals surface area contributed by atoms with Gasteiger partial charge in [0, 0.05) is 31.1 Å².